The van der Waals surface area contributed by atoms with E-state index in [2.05, 4.69) is 30.7 Å². The van der Waals surface area contributed by atoms with Crippen LogP contribution in [0.3, 0.4) is 0 Å². The monoisotopic (exact) mass is 269 g/mol. The van der Waals surface area contributed by atoms with E-state index in [0.29, 0.717) is 11.9 Å². The van der Waals surface area contributed by atoms with Crippen molar-refractivity contribution < 1.29 is 0 Å². The molecule has 18 heavy (non-hydrogen) atoms. The fourth-order valence-electron chi connectivity index (χ4n) is 1.49. The van der Waals surface area contributed by atoms with Crippen molar-refractivity contribution in [2.24, 2.45) is 10.7 Å². The maximum absolute atomic E-state index is 6.12. The number of thioether (sulfide) groups is 1. The number of aliphatic imine (C=N–C) groups is 1. The van der Waals surface area contributed by atoms with Crippen LogP contribution in [0, 0.1) is 0 Å². The van der Waals surface area contributed by atoms with Crippen LogP contribution in [-0.4, -0.2) is 26.5 Å². The molecule has 1 unspecified atom stereocenters. The summed E-state index contributed by atoms with van der Waals surface area (Å²) in [5, 5.41) is 0.837. The summed E-state index contributed by atoms with van der Waals surface area (Å²) >= 11 is 1.63. The number of hydrogen-bond acceptors (Lipinski definition) is 5. The summed E-state index contributed by atoms with van der Waals surface area (Å²) < 4.78 is 1.94. The van der Waals surface area contributed by atoms with Gasteiger partial charge in [0.1, 0.15) is 16.6 Å². The van der Waals surface area contributed by atoms with Gasteiger partial charge >= 0.3 is 0 Å². The largest absolute Gasteiger partial charge is 0.383 e. The van der Waals surface area contributed by atoms with Gasteiger partial charge in [0.2, 0.25) is 0 Å². The summed E-state index contributed by atoms with van der Waals surface area (Å²) in [4.78, 5) is 8.86. The molecule has 0 fully saturated rings. The number of rotatable bonds is 5. The van der Waals surface area contributed by atoms with Gasteiger partial charge in [-0.25, -0.2) is 4.98 Å². The Labute approximate surface area is 113 Å². The minimum absolute atomic E-state index is 0.192. The first-order valence-corrected chi connectivity index (χ1v) is 7.28. The van der Waals surface area contributed by atoms with E-state index in [9.17, 15) is 0 Å². The van der Waals surface area contributed by atoms with Gasteiger partial charge in [-0.15, -0.1) is 11.8 Å². The van der Waals surface area contributed by atoms with E-state index in [-0.39, 0.29) is 6.17 Å². The molecule has 1 atom stereocenters. The maximum atomic E-state index is 6.12. The van der Waals surface area contributed by atoms with Crippen LogP contribution >= 0.6 is 11.8 Å². The highest BCUT2D eigenvalue weighted by molar-refractivity contribution is 8.14. The number of nitrogens with zero attached hydrogens (tertiary/aromatic N) is 3. The zero-order valence-electron chi connectivity index (χ0n) is 11.6. The summed E-state index contributed by atoms with van der Waals surface area (Å²) in [5.74, 6) is 1.58. The number of hydrogen-bond donors (Lipinski definition) is 2. The number of imidazole rings is 1. The van der Waals surface area contributed by atoms with Crippen LogP contribution in [0.5, 0.6) is 0 Å². The van der Waals surface area contributed by atoms with E-state index in [1.165, 1.54) is 0 Å². The highest BCUT2D eigenvalue weighted by Gasteiger charge is 2.16. The van der Waals surface area contributed by atoms with E-state index >= 15 is 0 Å². The van der Waals surface area contributed by atoms with Crippen LogP contribution in [0.4, 0.5) is 5.82 Å². The highest BCUT2D eigenvalue weighted by Crippen LogP contribution is 2.22. The Morgan fingerprint density at radius 2 is 2.17 bits per heavy atom. The molecular formula is C12H23N5S. The van der Waals surface area contributed by atoms with Crippen LogP contribution in [0.2, 0.25) is 0 Å². The van der Waals surface area contributed by atoms with Crippen LogP contribution < -0.4 is 11.5 Å². The molecule has 0 aliphatic heterocycles. The van der Waals surface area contributed by atoms with E-state index in [4.69, 9.17) is 11.5 Å². The molecule has 0 bridgehead atoms. The van der Waals surface area contributed by atoms with Crippen molar-refractivity contribution in [3.05, 3.63) is 12.0 Å². The van der Waals surface area contributed by atoms with Crippen molar-refractivity contribution in [3.63, 3.8) is 0 Å². The lowest BCUT2D eigenvalue weighted by Crippen LogP contribution is -2.18. The number of nitrogen functional groups attached to an aromatic ring is 1. The summed E-state index contributed by atoms with van der Waals surface area (Å²) in [6, 6.07) is 0.291. The zero-order valence-corrected chi connectivity index (χ0v) is 12.4. The van der Waals surface area contributed by atoms with E-state index in [1.54, 1.807) is 18.1 Å². The highest BCUT2D eigenvalue weighted by atomic mass is 32.2. The average Bonchev–Trinajstić information content (AvgIpc) is 2.70. The topological polar surface area (TPSA) is 82.2 Å². The Morgan fingerprint density at radius 3 is 2.61 bits per heavy atom. The van der Waals surface area contributed by atoms with Crippen molar-refractivity contribution in [1.82, 2.24) is 9.55 Å². The lowest BCUT2D eigenvalue weighted by Gasteiger charge is -2.11. The molecule has 5 nitrogen and oxygen atoms in total. The molecule has 0 amide bonds. The van der Waals surface area contributed by atoms with Crippen LogP contribution in [0.1, 0.15) is 45.9 Å². The Kier molecular flexibility index (Phi) is 5.68. The number of aromatic nitrogens is 2. The predicted octanol–water partition coefficient (Wildman–Crippen LogP) is 2.24. The summed E-state index contributed by atoms with van der Waals surface area (Å²) in [7, 11) is 0. The van der Waals surface area contributed by atoms with Crippen LogP contribution in [0.25, 0.3) is 0 Å². The van der Waals surface area contributed by atoms with E-state index in [0.717, 1.165) is 22.9 Å². The minimum atomic E-state index is -0.192. The molecule has 6 heteroatoms. The quantitative estimate of drug-likeness (QED) is 0.634. The summed E-state index contributed by atoms with van der Waals surface area (Å²) in [6.45, 7) is 8.23. The van der Waals surface area contributed by atoms with Gasteiger partial charge in [0.25, 0.3) is 0 Å². The van der Waals surface area contributed by atoms with Gasteiger partial charge in [-0.1, -0.05) is 13.8 Å². The molecule has 0 aliphatic rings. The van der Waals surface area contributed by atoms with Gasteiger partial charge < -0.3 is 16.0 Å². The molecule has 0 saturated carbocycles. The Hall–Kier alpha value is -1.01. The van der Waals surface area contributed by atoms with Crippen molar-refractivity contribution in [1.29, 1.82) is 0 Å². The third-order valence-corrected chi connectivity index (χ3v) is 3.43. The lowest BCUT2D eigenvalue weighted by molar-refractivity contribution is 0.607. The third kappa shape index (κ3) is 3.49. The standard InChI is InChI=1S/C12H23N5S/c1-5-9(13)16-12(18-6-2)10-11(14)17(7-15-10)8(3)4/h7-9H,5-6,13-14H2,1-4H3. The number of anilines is 1. The zero-order chi connectivity index (χ0) is 13.7. The van der Waals surface area contributed by atoms with Gasteiger partial charge in [0.05, 0.1) is 12.5 Å². The Bertz CT molecular complexity index is 411. The van der Waals surface area contributed by atoms with Crippen molar-refractivity contribution in [3.8, 4) is 0 Å². The summed E-state index contributed by atoms with van der Waals surface area (Å²) in [5.41, 5.74) is 12.7. The second-order valence-electron chi connectivity index (χ2n) is 4.32. The fraction of sp³-hybridized carbons (Fsp3) is 0.667. The van der Waals surface area contributed by atoms with Crippen molar-refractivity contribution >= 4 is 22.6 Å². The maximum Gasteiger partial charge on any atom is 0.137 e. The first-order chi connectivity index (χ1) is 8.51. The Morgan fingerprint density at radius 1 is 1.50 bits per heavy atom. The molecule has 1 aromatic heterocycles. The van der Waals surface area contributed by atoms with Crippen molar-refractivity contribution in [2.75, 3.05) is 11.5 Å². The van der Waals surface area contributed by atoms with Gasteiger partial charge in [-0.3, -0.25) is 4.99 Å². The summed E-state index contributed by atoms with van der Waals surface area (Å²) in [6.07, 6.45) is 2.37. The average molecular weight is 269 g/mol. The SMILES string of the molecule is CCSC(=NC(N)CC)c1ncn(C(C)C)c1N. The third-order valence-electron chi connectivity index (χ3n) is 2.57. The van der Waals surface area contributed by atoms with Crippen LogP contribution in [0.15, 0.2) is 11.3 Å². The van der Waals surface area contributed by atoms with Gasteiger partial charge in [-0.05, 0) is 26.0 Å². The van der Waals surface area contributed by atoms with Gasteiger partial charge in [-0.2, -0.15) is 0 Å². The lowest BCUT2D eigenvalue weighted by atomic mass is 10.3. The molecule has 1 rings (SSSR count). The molecular weight excluding hydrogens is 246 g/mol. The smallest absolute Gasteiger partial charge is 0.137 e. The van der Waals surface area contributed by atoms with E-state index in [1.807, 2.05) is 11.5 Å². The molecule has 0 radical (unpaired) electrons. The fourth-order valence-corrected chi connectivity index (χ4v) is 2.27. The predicted molar refractivity (Wildman–Crippen MR) is 80.0 cm³/mol. The van der Waals surface area contributed by atoms with Gasteiger partial charge in [0.15, 0.2) is 0 Å². The van der Waals surface area contributed by atoms with E-state index < -0.39 is 0 Å². The van der Waals surface area contributed by atoms with Crippen LogP contribution in [-0.2, 0) is 0 Å². The normalized spacial score (nSPS) is 14.2. The molecule has 0 spiro atoms. The molecule has 1 aromatic rings. The second kappa shape index (κ2) is 6.80. The minimum Gasteiger partial charge on any atom is -0.383 e. The second-order valence-corrected chi connectivity index (χ2v) is 5.58. The molecule has 102 valence electrons. The molecule has 0 aliphatic carbocycles. The first kappa shape index (κ1) is 15.0. The Balaban J connectivity index is 3.10. The first-order valence-electron chi connectivity index (χ1n) is 6.30. The number of nitrogens with two attached hydrogens (primary N) is 2. The molecule has 0 aromatic carbocycles. The van der Waals surface area contributed by atoms with Gasteiger partial charge in [0, 0.05) is 6.04 Å². The molecule has 1 heterocycles. The molecule has 4 N–H and O–H groups in total. The molecule has 0 saturated heterocycles. The van der Waals surface area contributed by atoms with Crippen molar-refractivity contribution in [2.45, 2.75) is 46.3 Å².